The zero-order chi connectivity index (χ0) is 14.3. The first-order valence-electron chi connectivity index (χ1n) is 5.95. The van der Waals surface area contributed by atoms with Gasteiger partial charge in [0.25, 0.3) is 0 Å². The van der Waals surface area contributed by atoms with Crippen molar-refractivity contribution in [3.63, 3.8) is 0 Å². The van der Waals surface area contributed by atoms with Crippen LogP contribution in [-0.2, 0) is 25.5 Å². The minimum Gasteiger partial charge on any atom is -0.466 e. The monoisotopic (exact) mass is 283 g/mol. The standard InChI is InChI=1S/C13H17NO4S/c1-3-17-11(15)6-5-10-7-9(13(14)19-10)8-12(16)18-4-2/h5-7H,3-4,8,14H2,1-2H3. The molecule has 0 aliphatic heterocycles. The van der Waals surface area contributed by atoms with Gasteiger partial charge in [-0.1, -0.05) is 0 Å². The lowest BCUT2D eigenvalue weighted by atomic mass is 10.2. The maximum Gasteiger partial charge on any atom is 0.330 e. The minimum absolute atomic E-state index is 0.142. The molecule has 1 heterocycles. The van der Waals surface area contributed by atoms with Gasteiger partial charge in [0.15, 0.2) is 0 Å². The van der Waals surface area contributed by atoms with Gasteiger partial charge in [-0.05, 0) is 31.6 Å². The van der Waals surface area contributed by atoms with Crippen molar-refractivity contribution in [3.8, 4) is 0 Å². The zero-order valence-electron chi connectivity index (χ0n) is 11.0. The Balaban J connectivity index is 2.68. The van der Waals surface area contributed by atoms with Gasteiger partial charge < -0.3 is 15.2 Å². The molecular weight excluding hydrogens is 266 g/mol. The highest BCUT2D eigenvalue weighted by molar-refractivity contribution is 7.17. The third-order valence-corrected chi connectivity index (χ3v) is 3.14. The van der Waals surface area contributed by atoms with E-state index in [9.17, 15) is 9.59 Å². The van der Waals surface area contributed by atoms with Gasteiger partial charge in [0.1, 0.15) is 0 Å². The number of nitrogen functional groups attached to an aromatic ring is 1. The van der Waals surface area contributed by atoms with Crippen LogP contribution in [0.2, 0.25) is 0 Å². The zero-order valence-corrected chi connectivity index (χ0v) is 11.8. The van der Waals surface area contributed by atoms with Crippen LogP contribution in [0.15, 0.2) is 12.1 Å². The number of anilines is 1. The van der Waals surface area contributed by atoms with E-state index in [1.165, 1.54) is 17.4 Å². The molecule has 1 aromatic rings. The molecule has 0 unspecified atom stereocenters. The van der Waals surface area contributed by atoms with Gasteiger partial charge in [0.2, 0.25) is 0 Å². The molecule has 0 fully saturated rings. The lowest BCUT2D eigenvalue weighted by molar-refractivity contribution is -0.142. The maximum absolute atomic E-state index is 11.4. The summed E-state index contributed by atoms with van der Waals surface area (Å²) in [5, 5.41) is 0.552. The molecule has 19 heavy (non-hydrogen) atoms. The van der Waals surface area contributed by atoms with Gasteiger partial charge in [-0.15, -0.1) is 11.3 Å². The average molecular weight is 283 g/mol. The summed E-state index contributed by atoms with van der Waals surface area (Å²) in [6.07, 6.45) is 3.10. The van der Waals surface area contributed by atoms with E-state index < -0.39 is 5.97 Å². The van der Waals surface area contributed by atoms with Crippen LogP contribution in [0.25, 0.3) is 6.08 Å². The highest BCUT2D eigenvalue weighted by atomic mass is 32.1. The molecule has 1 aromatic heterocycles. The van der Waals surface area contributed by atoms with Gasteiger partial charge >= 0.3 is 11.9 Å². The van der Waals surface area contributed by atoms with Crippen molar-refractivity contribution in [2.24, 2.45) is 0 Å². The van der Waals surface area contributed by atoms with E-state index in [1.807, 2.05) is 0 Å². The van der Waals surface area contributed by atoms with Crippen LogP contribution >= 0.6 is 11.3 Å². The summed E-state index contributed by atoms with van der Waals surface area (Å²) in [6.45, 7) is 4.18. The Morgan fingerprint density at radius 2 is 2.00 bits per heavy atom. The summed E-state index contributed by atoms with van der Waals surface area (Å²) < 4.78 is 9.63. The number of nitrogens with two attached hydrogens (primary N) is 1. The second-order valence-electron chi connectivity index (χ2n) is 3.61. The van der Waals surface area contributed by atoms with Crippen molar-refractivity contribution in [2.45, 2.75) is 20.3 Å². The fourth-order valence-electron chi connectivity index (χ4n) is 1.39. The van der Waals surface area contributed by atoms with Crippen LogP contribution < -0.4 is 5.73 Å². The predicted octanol–water partition coefficient (Wildman–Crippen LogP) is 2.01. The number of hydrogen-bond acceptors (Lipinski definition) is 6. The van der Waals surface area contributed by atoms with Crippen LogP contribution in [-0.4, -0.2) is 25.2 Å². The largest absolute Gasteiger partial charge is 0.466 e. The molecule has 0 atom stereocenters. The van der Waals surface area contributed by atoms with Gasteiger partial charge in [-0.25, -0.2) is 4.79 Å². The Morgan fingerprint density at radius 1 is 1.32 bits per heavy atom. The van der Waals surface area contributed by atoms with E-state index in [2.05, 4.69) is 0 Å². The number of carbonyl (C=O) groups is 2. The van der Waals surface area contributed by atoms with Crippen molar-refractivity contribution in [3.05, 3.63) is 22.6 Å². The van der Waals surface area contributed by atoms with Crippen molar-refractivity contribution in [2.75, 3.05) is 18.9 Å². The molecule has 0 bridgehead atoms. The Morgan fingerprint density at radius 3 is 2.63 bits per heavy atom. The molecule has 1 rings (SSSR count). The van der Waals surface area contributed by atoms with Crippen molar-refractivity contribution in [1.29, 1.82) is 0 Å². The van der Waals surface area contributed by atoms with Crippen LogP contribution in [0.5, 0.6) is 0 Å². The number of hydrogen-bond donors (Lipinski definition) is 1. The van der Waals surface area contributed by atoms with E-state index in [4.69, 9.17) is 15.2 Å². The molecule has 0 radical (unpaired) electrons. The van der Waals surface area contributed by atoms with Gasteiger partial charge in [-0.2, -0.15) is 0 Å². The smallest absolute Gasteiger partial charge is 0.330 e. The topological polar surface area (TPSA) is 78.6 Å². The molecule has 6 heteroatoms. The first-order chi connectivity index (χ1) is 9.06. The van der Waals surface area contributed by atoms with Gasteiger partial charge in [0.05, 0.1) is 24.6 Å². The fraction of sp³-hybridized carbons (Fsp3) is 0.385. The summed E-state index contributed by atoms with van der Waals surface area (Å²) in [7, 11) is 0. The molecule has 104 valence electrons. The van der Waals surface area contributed by atoms with E-state index in [0.29, 0.717) is 23.8 Å². The van der Waals surface area contributed by atoms with E-state index in [1.54, 1.807) is 26.0 Å². The molecule has 0 aliphatic rings. The minimum atomic E-state index is -0.401. The molecule has 0 aliphatic carbocycles. The number of esters is 2. The number of ether oxygens (including phenoxy) is 2. The maximum atomic E-state index is 11.4. The Kier molecular flexibility index (Phi) is 6.08. The SMILES string of the molecule is CCOC(=O)C=Cc1cc(CC(=O)OCC)c(N)s1. The molecule has 2 N–H and O–H groups in total. The summed E-state index contributed by atoms with van der Waals surface area (Å²) in [5.41, 5.74) is 6.53. The first kappa shape index (κ1) is 15.2. The van der Waals surface area contributed by atoms with E-state index in [0.717, 1.165) is 4.88 Å². The quantitative estimate of drug-likeness (QED) is 0.638. The van der Waals surface area contributed by atoms with Crippen molar-refractivity contribution >= 4 is 34.4 Å². The number of carbonyl (C=O) groups excluding carboxylic acids is 2. The normalized spacial score (nSPS) is 10.6. The first-order valence-corrected chi connectivity index (χ1v) is 6.77. The van der Waals surface area contributed by atoms with Gasteiger partial charge in [-0.3, -0.25) is 4.79 Å². The van der Waals surface area contributed by atoms with Crippen LogP contribution in [0.4, 0.5) is 5.00 Å². The summed E-state index contributed by atoms with van der Waals surface area (Å²) in [5.74, 6) is -0.714. The molecule has 0 spiro atoms. The number of rotatable bonds is 6. The molecule has 0 saturated heterocycles. The van der Waals surface area contributed by atoms with Crippen LogP contribution in [0.3, 0.4) is 0 Å². The highest BCUT2D eigenvalue weighted by Gasteiger charge is 2.10. The average Bonchev–Trinajstić information content (AvgIpc) is 2.68. The van der Waals surface area contributed by atoms with E-state index in [-0.39, 0.29) is 12.4 Å². The molecule has 0 amide bonds. The van der Waals surface area contributed by atoms with Crippen molar-refractivity contribution in [1.82, 2.24) is 0 Å². The Hall–Kier alpha value is -1.82. The summed E-state index contributed by atoms with van der Waals surface area (Å²) in [6, 6.07) is 1.77. The predicted molar refractivity (Wildman–Crippen MR) is 74.7 cm³/mol. The lowest BCUT2D eigenvalue weighted by Crippen LogP contribution is -2.07. The molecule has 5 nitrogen and oxygen atoms in total. The lowest BCUT2D eigenvalue weighted by Gasteiger charge is -1.99. The van der Waals surface area contributed by atoms with Crippen LogP contribution in [0, 0.1) is 0 Å². The molecular formula is C13H17NO4S. The molecule has 0 aromatic carbocycles. The van der Waals surface area contributed by atoms with Crippen LogP contribution in [0.1, 0.15) is 24.3 Å². The Bertz CT molecular complexity index is 479. The van der Waals surface area contributed by atoms with Crippen molar-refractivity contribution < 1.29 is 19.1 Å². The second-order valence-corrected chi connectivity index (χ2v) is 4.72. The third kappa shape index (κ3) is 5.13. The Labute approximate surface area is 116 Å². The number of thiophene rings is 1. The third-order valence-electron chi connectivity index (χ3n) is 2.17. The second kappa shape index (κ2) is 7.58. The summed E-state index contributed by atoms with van der Waals surface area (Å²) >= 11 is 1.31. The summed E-state index contributed by atoms with van der Waals surface area (Å²) in [4.78, 5) is 23.3. The molecule has 0 saturated carbocycles. The fourth-order valence-corrected chi connectivity index (χ4v) is 2.25. The van der Waals surface area contributed by atoms with E-state index >= 15 is 0 Å². The van der Waals surface area contributed by atoms with Gasteiger partial charge in [0, 0.05) is 11.0 Å². The highest BCUT2D eigenvalue weighted by Crippen LogP contribution is 2.26.